The van der Waals surface area contributed by atoms with E-state index in [-0.39, 0.29) is 11.9 Å². The Labute approximate surface area is 113 Å². The van der Waals surface area contributed by atoms with E-state index < -0.39 is 6.04 Å². The SMILES string of the molecule is C=CCC(N)C(=O)NC(CC)c1cccc(Cl)c1. The Bertz CT molecular complexity index is 420. The van der Waals surface area contributed by atoms with Crippen LogP contribution in [0.25, 0.3) is 0 Å². The fourth-order valence-electron chi connectivity index (χ4n) is 1.71. The predicted molar refractivity (Wildman–Crippen MR) is 75.4 cm³/mol. The van der Waals surface area contributed by atoms with Crippen LogP contribution in [0.5, 0.6) is 0 Å². The lowest BCUT2D eigenvalue weighted by atomic mass is 10.0. The van der Waals surface area contributed by atoms with Gasteiger partial charge in [0, 0.05) is 5.02 Å². The molecule has 0 aliphatic rings. The molecule has 0 fully saturated rings. The van der Waals surface area contributed by atoms with E-state index in [0.717, 1.165) is 12.0 Å². The van der Waals surface area contributed by atoms with Gasteiger partial charge < -0.3 is 11.1 Å². The zero-order valence-corrected chi connectivity index (χ0v) is 11.3. The minimum Gasteiger partial charge on any atom is -0.348 e. The molecule has 0 heterocycles. The van der Waals surface area contributed by atoms with Gasteiger partial charge in [-0.05, 0) is 30.5 Å². The number of hydrogen-bond acceptors (Lipinski definition) is 2. The smallest absolute Gasteiger partial charge is 0.237 e. The molecule has 0 bridgehead atoms. The second kappa shape index (κ2) is 7.19. The molecule has 3 nitrogen and oxygen atoms in total. The summed E-state index contributed by atoms with van der Waals surface area (Å²) in [7, 11) is 0. The third kappa shape index (κ3) is 4.17. The first-order valence-electron chi connectivity index (χ1n) is 6.00. The summed E-state index contributed by atoms with van der Waals surface area (Å²) in [5.41, 5.74) is 6.72. The molecular weight excluding hydrogens is 248 g/mol. The van der Waals surface area contributed by atoms with E-state index in [9.17, 15) is 4.79 Å². The fourth-order valence-corrected chi connectivity index (χ4v) is 1.91. The summed E-state index contributed by atoms with van der Waals surface area (Å²) in [5.74, 6) is -0.165. The highest BCUT2D eigenvalue weighted by molar-refractivity contribution is 6.30. The molecule has 0 radical (unpaired) electrons. The van der Waals surface area contributed by atoms with Crippen molar-refractivity contribution < 1.29 is 4.79 Å². The van der Waals surface area contributed by atoms with E-state index in [2.05, 4.69) is 11.9 Å². The summed E-state index contributed by atoms with van der Waals surface area (Å²) in [6, 6.07) is 6.87. The Hall–Kier alpha value is -1.32. The highest BCUT2D eigenvalue weighted by Gasteiger charge is 2.17. The Morgan fingerprint density at radius 3 is 2.89 bits per heavy atom. The molecule has 0 saturated carbocycles. The van der Waals surface area contributed by atoms with Crippen LogP contribution in [-0.2, 0) is 4.79 Å². The second-order valence-electron chi connectivity index (χ2n) is 4.16. The molecule has 0 aliphatic heterocycles. The molecular formula is C14H19ClN2O. The van der Waals surface area contributed by atoms with Gasteiger partial charge in [0.15, 0.2) is 0 Å². The number of carbonyl (C=O) groups is 1. The third-order valence-electron chi connectivity index (χ3n) is 2.73. The van der Waals surface area contributed by atoms with Crippen molar-refractivity contribution >= 4 is 17.5 Å². The standard InChI is InChI=1S/C14H19ClN2O/c1-3-6-12(16)14(18)17-13(4-2)10-7-5-8-11(15)9-10/h3,5,7-9,12-13H,1,4,6,16H2,2H3,(H,17,18). The molecule has 3 N–H and O–H groups in total. The number of benzene rings is 1. The van der Waals surface area contributed by atoms with Gasteiger partial charge in [-0.15, -0.1) is 6.58 Å². The van der Waals surface area contributed by atoms with Gasteiger partial charge >= 0.3 is 0 Å². The predicted octanol–water partition coefficient (Wildman–Crippen LogP) is 2.81. The average molecular weight is 267 g/mol. The monoisotopic (exact) mass is 266 g/mol. The van der Waals surface area contributed by atoms with Crippen LogP contribution in [0.15, 0.2) is 36.9 Å². The number of hydrogen-bond donors (Lipinski definition) is 2. The summed E-state index contributed by atoms with van der Waals surface area (Å²) in [6.45, 7) is 5.58. The van der Waals surface area contributed by atoms with Gasteiger partial charge in [0.1, 0.15) is 0 Å². The highest BCUT2D eigenvalue weighted by Crippen LogP contribution is 2.20. The van der Waals surface area contributed by atoms with Crippen LogP contribution in [0.3, 0.4) is 0 Å². The topological polar surface area (TPSA) is 55.1 Å². The normalized spacial score (nSPS) is 13.7. The fraction of sp³-hybridized carbons (Fsp3) is 0.357. The molecule has 0 aliphatic carbocycles. The summed E-state index contributed by atoms with van der Waals surface area (Å²) < 4.78 is 0. The maximum absolute atomic E-state index is 11.8. The van der Waals surface area contributed by atoms with Gasteiger partial charge in [0.05, 0.1) is 12.1 Å². The molecule has 18 heavy (non-hydrogen) atoms. The zero-order chi connectivity index (χ0) is 13.5. The number of amides is 1. The highest BCUT2D eigenvalue weighted by atomic mass is 35.5. The molecule has 4 heteroatoms. The summed E-state index contributed by atoms with van der Waals surface area (Å²) in [5, 5.41) is 3.59. The van der Waals surface area contributed by atoms with E-state index in [1.807, 2.05) is 31.2 Å². The van der Waals surface area contributed by atoms with Crippen molar-refractivity contribution in [2.24, 2.45) is 5.73 Å². The van der Waals surface area contributed by atoms with Gasteiger partial charge in [-0.1, -0.05) is 36.7 Å². The first-order chi connectivity index (χ1) is 8.58. The van der Waals surface area contributed by atoms with E-state index >= 15 is 0 Å². The molecule has 2 atom stereocenters. The lowest BCUT2D eigenvalue weighted by molar-refractivity contribution is -0.123. The van der Waals surface area contributed by atoms with Gasteiger partial charge in [-0.2, -0.15) is 0 Å². The third-order valence-corrected chi connectivity index (χ3v) is 2.97. The molecule has 2 unspecified atom stereocenters. The van der Waals surface area contributed by atoms with Crippen molar-refractivity contribution in [2.45, 2.75) is 31.8 Å². The maximum Gasteiger partial charge on any atom is 0.237 e. The van der Waals surface area contributed by atoms with Crippen molar-refractivity contribution in [3.63, 3.8) is 0 Å². The van der Waals surface area contributed by atoms with Crippen LogP contribution >= 0.6 is 11.6 Å². The maximum atomic E-state index is 11.8. The van der Waals surface area contributed by atoms with Crippen molar-refractivity contribution in [1.29, 1.82) is 0 Å². The van der Waals surface area contributed by atoms with E-state index in [4.69, 9.17) is 17.3 Å². The summed E-state index contributed by atoms with van der Waals surface area (Å²) in [6.07, 6.45) is 2.90. The lowest BCUT2D eigenvalue weighted by Gasteiger charge is -2.20. The first kappa shape index (κ1) is 14.7. The lowest BCUT2D eigenvalue weighted by Crippen LogP contribution is -2.41. The molecule has 1 aromatic rings. The number of rotatable bonds is 6. The quantitative estimate of drug-likeness (QED) is 0.778. The Kier molecular flexibility index (Phi) is 5.89. The van der Waals surface area contributed by atoms with Crippen molar-refractivity contribution in [2.75, 3.05) is 0 Å². The van der Waals surface area contributed by atoms with Crippen molar-refractivity contribution in [3.05, 3.63) is 47.5 Å². The molecule has 1 rings (SSSR count). The largest absolute Gasteiger partial charge is 0.348 e. The van der Waals surface area contributed by atoms with Crippen LogP contribution in [0.4, 0.5) is 0 Å². The second-order valence-corrected chi connectivity index (χ2v) is 4.59. The summed E-state index contributed by atoms with van der Waals surface area (Å²) >= 11 is 5.94. The summed E-state index contributed by atoms with van der Waals surface area (Å²) in [4.78, 5) is 11.8. The van der Waals surface area contributed by atoms with Crippen molar-refractivity contribution in [1.82, 2.24) is 5.32 Å². The molecule has 0 aromatic heterocycles. The Balaban J connectivity index is 2.73. The molecule has 98 valence electrons. The van der Waals surface area contributed by atoms with Crippen LogP contribution < -0.4 is 11.1 Å². The van der Waals surface area contributed by atoms with E-state index in [1.54, 1.807) is 6.08 Å². The number of nitrogens with one attached hydrogen (secondary N) is 1. The van der Waals surface area contributed by atoms with Crippen LogP contribution in [-0.4, -0.2) is 11.9 Å². The van der Waals surface area contributed by atoms with Gasteiger partial charge in [-0.25, -0.2) is 0 Å². The van der Waals surface area contributed by atoms with Gasteiger partial charge in [0.2, 0.25) is 5.91 Å². The Morgan fingerprint density at radius 1 is 1.61 bits per heavy atom. The molecule has 0 spiro atoms. The Morgan fingerprint density at radius 2 is 2.33 bits per heavy atom. The minimum atomic E-state index is -0.546. The van der Waals surface area contributed by atoms with Crippen LogP contribution in [0, 0.1) is 0 Å². The molecule has 1 aromatic carbocycles. The van der Waals surface area contributed by atoms with E-state index in [1.165, 1.54) is 0 Å². The van der Waals surface area contributed by atoms with Crippen LogP contribution in [0.2, 0.25) is 5.02 Å². The molecule has 1 amide bonds. The average Bonchev–Trinajstić information content (AvgIpc) is 2.35. The molecule has 0 saturated heterocycles. The zero-order valence-electron chi connectivity index (χ0n) is 10.5. The van der Waals surface area contributed by atoms with Crippen LogP contribution in [0.1, 0.15) is 31.4 Å². The minimum absolute atomic E-state index is 0.0629. The van der Waals surface area contributed by atoms with Crippen molar-refractivity contribution in [3.8, 4) is 0 Å². The number of nitrogens with two attached hydrogens (primary N) is 1. The first-order valence-corrected chi connectivity index (χ1v) is 6.38. The van der Waals surface area contributed by atoms with Gasteiger partial charge in [0.25, 0.3) is 0 Å². The van der Waals surface area contributed by atoms with E-state index in [0.29, 0.717) is 11.4 Å². The number of carbonyl (C=O) groups excluding carboxylic acids is 1. The number of halogens is 1. The van der Waals surface area contributed by atoms with Gasteiger partial charge in [-0.3, -0.25) is 4.79 Å².